The molecule has 2 aromatic rings. The van der Waals surface area contributed by atoms with Gasteiger partial charge < -0.3 is 20.4 Å². The Labute approximate surface area is 293 Å². The summed E-state index contributed by atoms with van der Waals surface area (Å²) in [4.78, 5) is 0. The van der Waals surface area contributed by atoms with Crippen LogP contribution in [0.15, 0.2) is 60.2 Å². The second-order valence-electron chi connectivity index (χ2n) is 12.7. The molecular weight excluding hydrogens is 639 g/mol. The number of nitrogens with zero attached hydrogens (tertiary/aromatic N) is 2. The smallest absolute Gasteiger partial charge is 0.493 e. The molecule has 0 aromatic heterocycles. The maximum atomic E-state index is 11.7. The number of hydrogen-bond acceptors (Lipinski definition) is 0. The summed E-state index contributed by atoms with van der Waals surface area (Å²) in [6, 6.07) is 17.9. The van der Waals surface area contributed by atoms with Crippen molar-refractivity contribution in [2.45, 2.75) is 156 Å². The fraction of sp³-hybridized carbons (Fsp3) is 0.571. The van der Waals surface area contributed by atoms with Gasteiger partial charge in [0.05, 0.1) is 0 Å². The van der Waals surface area contributed by atoms with Crippen LogP contribution in [-0.4, -0.2) is 4.70 Å². The first-order valence-electron chi connectivity index (χ1n) is 17.8. The zero-order valence-corrected chi connectivity index (χ0v) is 31.3. The second-order valence-corrected chi connectivity index (χ2v) is 12.7. The fourth-order valence-corrected chi connectivity index (χ4v) is 6.33. The molecule has 0 saturated carbocycles. The van der Waals surface area contributed by atoms with E-state index in [1.54, 1.807) is 0 Å². The predicted molar refractivity (Wildman–Crippen MR) is 196 cm³/mol. The molecule has 0 radical (unpaired) electrons. The Morgan fingerprint density at radius 2 is 0.911 bits per heavy atom. The molecule has 1 aliphatic heterocycles. The van der Waals surface area contributed by atoms with Crippen LogP contribution >= 0.6 is 0 Å². The average molecular weight is 705 g/mol. The third kappa shape index (κ3) is 15.5. The summed E-state index contributed by atoms with van der Waals surface area (Å²) in [6.45, 7) is 6.84. The maximum Gasteiger partial charge on any atom is 2.00 e. The van der Waals surface area contributed by atoms with Crippen LogP contribution in [-0.2, 0) is 33.3 Å². The molecule has 0 bridgehead atoms. The number of aryl methyl sites for hydroxylation is 2. The third-order valence-electron chi connectivity index (χ3n) is 8.92. The van der Waals surface area contributed by atoms with Gasteiger partial charge in [-0.1, -0.05) is 141 Å². The summed E-state index contributed by atoms with van der Waals surface area (Å²) in [7, 11) is 0. The van der Waals surface area contributed by atoms with Crippen LogP contribution in [0.25, 0.3) is 16.9 Å². The van der Waals surface area contributed by atoms with Crippen molar-refractivity contribution in [3.63, 3.8) is 0 Å². The van der Waals surface area contributed by atoms with Gasteiger partial charge in [-0.15, -0.1) is 0 Å². The van der Waals surface area contributed by atoms with Crippen molar-refractivity contribution in [3.8, 4) is 0 Å². The van der Waals surface area contributed by atoms with Gasteiger partial charge in [0.25, 0.3) is 0 Å². The third-order valence-corrected chi connectivity index (χ3v) is 8.92. The Hall–Kier alpha value is -1.82. The molecule has 1 heterocycles. The normalized spacial score (nSPS) is 12.4. The number of hydrogen-bond donors (Lipinski definition) is 0. The summed E-state index contributed by atoms with van der Waals surface area (Å²) in [5.74, 6) is 0. The SMILES string of the molecule is CCCCCCCCC1=C(c2cccc(CCCCCCCC)c2)[N+](=[N-])C(c2cccc(CCCCCCCC)c2)=C1.[CH3-].[CH3-].[Pd+2]. The summed E-state index contributed by atoms with van der Waals surface area (Å²) in [5, 5.41) is 0. The summed E-state index contributed by atoms with van der Waals surface area (Å²) in [6.07, 6.45) is 29.0. The van der Waals surface area contributed by atoms with Crippen LogP contribution < -0.4 is 0 Å². The fourth-order valence-electron chi connectivity index (χ4n) is 6.33. The van der Waals surface area contributed by atoms with Gasteiger partial charge in [-0.2, -0.15) is 0 Å². The molecule has 0 saturated heterocycles. The van der Waals surface area contributed by atoms with E-state index in [2.05, 4.69) is 75.4 Å². The van der Waals surface area contributed by atoms with Crippen LogP contribution in [0, 0.1) is 14.9 Å². The molecular formula is C42H66N2Pd. The minimum absolute atomic E-state index is 0. The predicted octanol–water partition coefficient (Wildman–Crippen LogP) is 13.9. The molecule has 0 atom stereocenters. The first kappa shape index (κ1) is 43.2. The van der Waals surface area contributed by atoms with E-state index in [-0.39, 0.29) is 35.3 Å². The van der Waals surface area contributed by atoms with E-state index in [0.29, 0.717) is 0 Å². The van der Waals surface area contributed by atoms with E-state index in [1.807, 2.05) is 0 Å². The molecule has 0 spiro atoms. The van der Waals surface area contributed by atoms with E-state index in [0.717, 1.165) is 41.8 Å². The molecule has 3 rings (SSSR count). The zero-order chi connectivity index (χ0) is 29.8. The van der Waals surface area contributed by atoms with E-state index < -0.39 is 0 Å². The van der Waals surface area contributed by atoms with Crippen molar-refractivity contribution >= 4 is 11.4 Å². The van der Waals surface area contributed by atoms with Gasteiger partial charge in [0.2, 0.25) is 11.4 Å². The van der Waals surface area contributed by atoms with Crippen LogP contribution in [0.3, 0.4) is 0 Å². The molecule has 0 fully saturated rings. The molecule has 0 amide bonds. The van der Waals surface area contributed by atoms with Crippen molar-refractivity contribution in [3.05, 3.63) is 103 Å². The Bertz CT molecular complexity index is 1130. The molecule has 3 heteroatoms. The van der Waals surface area contributed by atoms with Crippen LogP contribution in [0.4, 0.5) is 0 Å². The second kappa shape index (κ2) is 26.3. The zero-order valence-electron chi connectivity index (χ0n) is 29.8. The molecule has 1 aliphatic rings. The number of allylic oxidation sites excluding steroid dienone is 2. The molecule has 2 aromatic carbocycles. The first-order valence-corrected chi connectivity index (χ1v) is 17.8. The Morgan fingerprint density at radius 3 is 1.40 bits per heavy atom. The number of benzene rings is 2. The largest absolute Gasteiger partial charge is 2.00 e. The quantitative estimate of drug-likeness (QED) is 0.0476. The van der Waals surface area contributed by atoms with Gasteiger partial charge in [-0.3, -0.25) is 0 Å². The minimum atomic E-state index is 0. The first-order chi connectivity index (χ1) is 20.7. The van der Waals surface area contributed by atoms with Crippen LogP contribution in [0.1, 0.15) is 165 Å². The van der Waals surface area contributed by atoms with Crippen LogP contribution in [0.2, 0.25) is 0 Å². The van der Waals surface area contributed by atoms with Crippen molar-refractivity contribution in [1.29, 1.82) is 0 Å². The Kier molecular flexibility index (Phi) is 25.2. The van der Waals surface area contributed by atoms with Crippen molar-refractivity contribution < 1.29 is 25.1 Å². The standard InChI is InChI=1S/C40H60N2.2CH3.Pd/c1-4-7-10-13-16-19-24-34-26-22-29-36(31-34)39-33-38(28-21-18-15-12-9-6-3)40(42(39)41)37-30-23-27-35(32-37)25-20-17-14-11-8-5-2;;;/h22-23,26-27,29-33H,4-21,24-25,28H2,1-3H3;2*1H3;/q;2*-1;+2. The van der Waals surface area contributed by atoms with Crippen molar-refractivity contribution in [2.24, 2.45) is 0 Å². The van der Waals surface area contributed by atoms with Gasteiger partial charge in [-0.05, 0) is 73.9 Å². The molecule has 254 valence electrons. The summed E-state index contributed by atoms with van der Waals surface area (Å²) < 4.78 is 1.50. The van der Waals surface area contributed by atoms with Crippen LogP contribution in [0.5, 0.6) is 0 Å². The van der Waals surface area contributed by atoms with Gasteiger partial charge in [0.15, 0.2) is 0 Å². The maximum absolute atomic E-state index is 11.7. The molecule has 2 nitrogen and oxygen atoms in total. The molecule has 0 unspecified atom stereocenters. The average Bonchev–Trinajstić information content (AvgIpc) is 3.34. The van der Waals surface area contributed by atoms with E-state index in [4.69, 9.17) is 0 Å². The minimum Gasteiger partial charge on any atom is -0.493 e. The van der Waals surface area contributed by atoms with E-state index in [9.17, 15) is 5.53 Å². The molecule has 0 N–H and O–H groups in total. The molecule has 0 aliphatic carbocycles. The topological polar surface area (TPSA) is 25.3 Å². The van der Waals surface area contributed by atoms with Gasteiger partial charge >= 0.3 is 20.4 Å². The number of unbranched alkanes of at least 4 members (excludes halogenated alkanes) is 15. The monoisotopic (exact) mass is 704 g/mol. The van der Waals surface area contributed by atoms with Crippen molar-refractivity contribution in [2.75, 3.05) is 0 Å². The van der Waals surface area contributed by atoms with Gasteiger partial charge in [0.1, 0.15) is 0 Å². The van der Waals surface area contributed by atoms with E-state index in [1.165, 1.54) is 137 Å². The Balaban J connectivity index is 0.00000645. The van der Waals surface area contributed by atoms with Gasteiger partial charge in [-0.25, -0.2) is 4.70 Å². The van der Waals surface area contributed by atoms with E-state index >= 15 is 0 Å². The van der Waals surface area contributed by atoms with Gasteiger partial charge in [0, 0.05) is 22.8 Å². The summed E-state index contributed by atoms with van der Waals surface area (Å²) in [5.41, 5.74) is 19.9. The molecule has 45 heavy (non-hydrogen) atoms. The Morgan fingerprint density at radius 1 is 0.511 bits per heavy atom. The summed E-state index contributed by atoms with van der Waals surface area (Å²) >= 11 is 0. The number of rotatable bonds is 23. The van der Waals surface area contributed by atoms with Crippen molar-refractivity contribution in [1.82, 2.24) is 0 Å².